The van der Waals surface area contributed by atoms with E-state index in [-0.39, 0.29) is 21.2 Å². The Balaban J connectivity index is 1.77. The van der Waals surface area contributed by atoms with Gasteiger partial charge in [0.05, 0.1) is 14.8 Å². The van der Waals surface area contributed by atoms with E-state index in [1.165, 1.54) is 28.4 Å². The van der Waals surface area contributed by atoms with Crippen molar-refractivity contribution in [2.45, 2.75) is 31.7 Å². The highest BCUT2D eigenvalue weighted by molar-refractivity contribution is 7.89. The molecule has 0 spiro atoms. The summed E-state index contributed by atoms with van der Waals surface area (Å²) in [5.41, 5.74) is 2.36. The predicted octanol–water partition coefficient (Wildman–Crippen LogP) is 3.76. The van der Waals surface area contributed by atoms with Crippen molar-refractivity contribution >= 4 is 27.3 Å². The molecule has 156 valence electrons. The summed E-state index contributed by atoms with van der Waals surface area (Å²) < 4.78 is 27.6. The Hall–Kier alpha value is -2.00. The Kier molecular flexibility index (Phi) is 6.58. The molecule has 7 nitrogen and oxygen atoms in total. The summed E-state index contributed by atoms with van der Waals surface area (Å²) in [7, 11) is -3.86. The molecule has 1 fully saturated rings. The molecule has 0 unspecified atom stereocenters. The average molecular weight is 438 g/mol. The second-order valence-electron chi connectivity index (χ2n) is 7.33. The molecular weight excluding hydrogens is 414 g/mol. The summed E-state index contributed by atoms with van der Waals surface area (Å²) in [5.74, 6) is 0. The lowest BCUT2D eigenvalue weighted by atomic mass is 10.1. The van der Waals surface area contributed by atoms with Gasteiger partial charge in [0.15, 0.2) is 0 Å². The van der Waals surface area contributed by atoms with Crippen LogP contribution in [0.15, 0.2) is 41.3 Å². The maximum absolute atomic E-state index is 13.1. The quantitative estimate of drug-likeness (QED) is 0.525. The molecule has 2 aromatic rings. The normalized spacial score (nSPS) is 16.5. The second kappa shape index (κ2) is 8.79. The molecule has 0 aromatic heterocycles. The van der Waals surface area contributed by atoms with Gasteiger partial charge in [0, 0.05) is 37.8 Å². The van der Waals surface area contributed by atoms with E-state index >= 15 is 0 Å². The Morgan fingerprint density at radius 3 is 2.41 bits per heavy atom. The third-order valence-electron chi connectivity index (χ3n) is 5.20. The van der Waals surface area contributed by atoms with Crippen molar-refractivity contribution in [2.24, 2.45) is 0 Å². The zero-order chi connectivity index (χ0) is 21.2. The fraction of sp³-hybridized carbons (Fsp3) is 0.400. The SMILES string of the molecule is Cc1ccc(CN2CCCN(S(=O)(=O)c3cc(Cl)c(C)c([N+](=O)[O-])c3)CC2)cc1. The Labute approximate surface area is 176 Å². The zero-order valence-electron chi connectivity index (χ0n) is 16.5. The van der Waals surface area contributed by atoms with Crippen LogP contribution in [0.1, 0.15) is 23.1 Å². The van der Waals surface area contributed by atoms with Gasteiger partial charge in [-0.1, -0.05) is 41.4 Å². The maximum atomic E-state index is 13.1. The molecule has 0 atom stereocenters. The van der Waals surface area contributed by atoms with Crippen molar-refractivity contribution in [3.05, 3.63) is 68.2 Å². The van der Waals surface area contributed by atoms with Crippen LogP contribution in [-0.4, -0.2) is 48.7 Å². The van der Waals surface area contributed by atoms with Crippen molar-refractivity contribution in [1.29, 1.82) is 0 Å². The van der Waals surface area contributed by atoms with Crippen LogP contribution in [0.3, 0.4) is 0 Å². The first-order valence-corrected chi connectivity index (χ1v) is 11.2. The number of aryl methyl sites for hydroxylation is 1. The highest BCUT2D eigenvalue weighted by Gasteiger charge is 2.29. The second-order valence-corrected chi connectivity index (χ2v) is 9.67. The first-order valence-electron chi connectivity index (χ1n) is 9.41. The van der Waals surface area contributed by atoms with Gasteiger partial charge in [-0.3, -0.25) is 15.0 Å². The summed E-state index contributed by atoms with van der Waals surface area (Å²) >= 11 is 6.07. The first kappa shape index (κ1) is 21.7. The van der Waals surface area contributed by atoms with Gasteiger partial charge in [0.25, 0.3) is 5.69 Å². The maximum Gasteiger partial charge on any atom is 0.275 e. The number of nitrogens with zero attached hydrogens (tertiary/aromatic N) is 3. The molecule has 3 rings (SSSR count). The summed E-state index contributed by atoms with van der Waals surface area (Å²) in [4.78, 5) is 12.7. The summed E-state index contributed by atoms with van der Waals surface area (Å²) in [6, 6.07) is 10.7. The van der Waals surface area contributed by atoms with Crippen molar-refractivity contribution in [1.82, 2.24) is 9.21 Å². The molecule has 1 heterocycles. The van der Waals surface area contributed by atoms with Gasteiger partial charge in [-0.05, 0) is 38.4 Å². The largest absolute Gasteiger partial charge is 0.298 e. The lowest BCUT2D eigenvalue weighted by Crippen LogP contribution is -2.35. The molecule has 2 aromatic carbocycles. The van der Waals surface area contributed by atoms with E-state index in [1.54, 1.807) is 0 Å². The van der Waals surface area contributed by atoms with E-state index in [4.69, 9.17) is 11.6 Å². The minimum atomic E-state index is -3.86. The van der Waals surface area contributed by atoms with Gasteiger partial charge in [-0.2, -0.15) is 4.31 Å². The molecule has 0 saturated carbocycles. The molecule has 29 heavy (non-hydrogen) atoms. The third kappa shape index (κ3) is 4.95. The van der Waals surface area contributed by atoms with E-state index in [1.807, 2.05) is 6.92 Å². The molecule has 0 aliphatic carbocycles. The van der Waals surface area contributed by atoms with E-state index in [2.05, 4.69) is 29.2 Å². The van der Waals surface area contributed by atoms with E-state index in [0.29, 0.717) is 26.1 Å². The number of benzene rings is 2. The average Bonchev–Trinajstić information content (AvgIpc) is 2.91. The molecule has 1 saturated heterocycles. The smallest absolute Gasteiger partial charge is 0.275 e. The Morgan fingerprint density at radius 2 is 1.76 bits per heavy atom. The van der Waals surface area contributed by atoms with Crippen LogP contribution in [-0.2, 0) is 16.6 Å². The number of halogens is 1. The van der Waals surface area contributed by atoms with E-state index in [0.717, 1.165) is 19.2 Å². The predicted molar refractivity (Wildman–Crippen MR) is 113 cm³/mol. The van der Waals surface area contributed by atoms with Gasteiger partial charge < -0.3 is 0 Å². The standard InChI is InChI=1S/C20H24ClN3O4S/c1-15-4-6-17(7-5-15)14-22-8-3-9-23(11-10-22)29(27,28)18-12-19(21)16(2)20(13-18)24(25)26/h4-7,12-13H,3,8-11,14H2,1-2H3. The summed E-state index contributed by atoms with van der Waals surface area (Å²) in [5, 5.41) is 11.3. The van der Waals surface area contributed by atoms with Crippen LogP contribution in [0.4, 0.5) is 5.69 Å². The minimum Gasteiger partial charge on any atom is -0.298 e. The van der Waals surface area contributed by atoms with Crippen molar-refractivity contribution in [3.63, 3.8) is 0 Å². The first-order chi connectivity index (χ1) is 13.7. The lowest BCUT2D eigenvalue weighted by molar-refractivity contribution is -0.385. The number of sulfonamides is 1. The van der Waals surface area contributed by atoms with Crippen LogP contribution in [0.5, 0.6) is 0 Å². The molecule has 0 amide bonds. The number of hydrogen-bond donors (Lipinski definition) is 0. The molecule has 0 radical (unpaired) electrons. The van der Waals surface area contributed by atoms with Crippen LogP contribution in [0.2, 0.25) is 5.02 Å². The third-order valence-corrected chi connectivity index (χ3v) is 7.47. The van der Waals surface area contributed by atoms with Gasteiger partial charge in [-0.25, -0.2) is 8.42 Å². The van der Waals surface area contributed by atoms with Gasteiger partial charge in [0.2, 0.25) is 10.0 Å². The molecule has 1 aliphatic rings. The lowest BCUT2D eigenvalue weighted by Gasteiger charge is -2.22. The van der Waals surface area contributed by atoms with E-state index < -0.39 is 14.9 Å². The van der Waals surface area contributed by atoms with Crippen molar-refractivity contribution in [3.8, 4) is 0 Å². The van der Waals surface area contributed by atoms with Gasteiger partial charge in [-0.15, -0.1) is 0 Å². The van der Waals surface area contributed by atoms with Crippen LogP contribution >= 0.6 is 11.6 Å². The fourth-order valence-electron chi connectivity index (χ4n) is 3.43. The molecule has 9 heteroatoms. The highest BCUT2D eigenvalue weighted by atomic mass is 35.5. The number of rotatable bonds is 5. The van der Waals surface area contributed by atoms with Crippen LogP contribution in [0, 0.1) is 24.0 Å². The molecule has 1 aliphatic heterocycles. The number of nitro groups is 1. The van der Waals surface area contributed by atoms with Crippen molar-refractivity contribution < 1.29 is 13.3 Å². The Bertz CT molecular complexity index is 1010. The molecular formula is C20H24ClN3O4S. The summed E-state index contributed by atoms with van der Waals surface area (Å²) in [6.45, 7) is 6.38. The topological polar surface area (TPSA) is 83.8 Å². The van der Waals surface area contributed by atoms with Gasteiger partial charge >= 0.3 is 0 Å². The monoisotopic (exact) mass is 437 g/mol. The minimum absolute atomic E-state index is 0.0774. The van der Waals surface area contributed by atoms with E-state index in [9.17, 15) is 18.5 Å². The fourth-order valence-corrected chi connectivity index (χ4v) is 5.22. The number of hydrogen-bond acceptors (Lipinski definition) is 5. The molecule has 0 bridgehead atoms. The zero-order valence-corrected chi connectivity index (χ0v) is 18.0. The van der Waals surface area contributed by atoms with Gasteiger partial charge in [0.1, 0.15) is 0 Å². The Morgan fingerprint density at radius 1 is 1.07 bits per heavy atom. The molecule has 0 N–H and O–H groups in total. The number of nitro benzene ring substituents is 1. The van der Waals surface area contributed by atoms with Crippen LogP contribution < -0.4 is 0 Å². The van der Waals surface area contributed by atoms with Crippen molar-refractivity contribution in [2.75, 3.05) is 26.2 Å². The highest BCUT2D eigenvalue weighted by Crippen LogP contribution is 2.31. The van der Waals surface area contributed by atoms with Crippen LogP contribution in [0.25, 0.3) is 0 Å². The summed E-state index contributed by atoms with van der Waals surface area (Å²) in [6.07, 6.45) is 0.687.